The fourth-order valence-electron chi connectivity index (χ4n) is 4.98. The van der Waals surface area contributed by atoms with Crippen LogP contribution in [0.3, 0.4) is 0 Å². The zero-order valence-electron chi connectivity index (χ0n) is 22.4. The molecule has 3 aromatic carbocycles. The van der Waals surface area contributed by atoms with Gasteiger partial charge in [-0.05, 0) is 61.4 Å². The predicted octanol–water partition coefficient (Wildman–Crippen LogP) is 5.50. The van der Waals surface area contributed by atoms with Crippen molar-refractivity contribution in [1.82, 2.24) is 19.9 Å². The molecule has 1 aliphatic carbocycles. The number of nitrogens with zero attached hydrogens (tertiary/aromatic N) is 4. The summed E-state index contributed by atoms with van der Waals surface area (Å²) >= 11 is 0. The van der Waals surface area contributed by atoms with Gasteiger partial charge in [-0.2, -0.15) is 4.98 Å². The quantitative estimate of drug-likeness (QED) is 0.215. The van der Waals surface area contributed by atoms with E-state index in [2.05, 4.69) is 30.0 Å². The Labute approximate surface area is 242 Å². The minimum Gasteiger partial charge on any atom is -0.435 e. The lowest BCUT2D eigenvalue weighted by atomic mass is 9.92. The van der Waals surface area contributed by atoms with Crippen LogP contribution in [0.1, 0.15) is 25.7 Å². The molecule has 2 heterocycles. The van der Waals surface area contributed by atoms with Crippen molar-refractivity contribution in [3.05, 3.63) is 91.1 Å². The van der Waals surface area contributed by atoms with Crippen LogP contribution in [0.4, 0.5) is 16.0 Å². The van der Waals surface area contributed by atoms with Crippen LogP contribution < -0.4 is 20.5 Å². The summed E-state index contributed by atoms with van der Waals surface area (Å²) in [5.41, 5.74) is 6.50. The highest BCUT2D eigenvalue weighted by Crippen LogP contribution is 2.33. The van der Waals surface area contributed by atoms with E-state index in [1.807, 2.05) is 18.2 Å². The first-order valence-corrected chi connectivity index (χ1v) is 15.0. The summed E-state index contributed by atoms with van der Waals surface area (Å²) in [4.78, 5) is 17.4. The average molecular weight is 586 g/mol. The number of nitrogens with two attached hydrogens (primary N) is 1. The summed E-state index contributed by atoms with van der Waals surface area (Å²) < 4.78 is 49.8. The van der Waals surface area contributed by atoms with Crippen molar-refractivity contribution in [2.45, 2.75) is 42.7 Å². The fourth-order valence-corrected chi connectivity index (χ4v) is 6.26. The van der Waals surface area contributed by atoms with Gasteiger partial charge < -0.3 is 15.8 Å². The molecule has 1 fully saturated rings. The number of hydrogen-bond donors (Lipinski definition) is 3. The lowest BCUT2D eigenvalue weighted by Crippen LogP contribution is -2.33. The number of aromatic nitrogens is 4. The smallest absolute Gasteiger partial charge is 0.262 e. The van der Waals surface area contributed by atoms with Crippen molar-refractivity contribution >= 4 is 32.4 Å². The minimum atomic E-state index is -3.99. The highest BCUT2D eigenvalue weighted by Gasteiger charge is 2.21. The summed E-state index contributed by atoms with van der Waals surface area (Å²) in [5, 5.41) is 4.69. The third-order valence-corrected chi connectivity index (χ3v) is 8.56. The first-order valence-electron chi connectivity index (χ1n) is 13.5. The van der Waals surface area contributed by atoms with Gasteiger partial charge in [-0.15, -0.1) is 0 Å². The predicted molar refractivity (Wildman–Crippen MR) is 158 cm³/mol. The number of hydrogen-bond acceptors (Lipinski definition) is 9. The molecule has 214 valence electrons. The van der Waals surface area contributed by atoms with Crippen LogP contribution in [0.5, 0.6) is 11.6 Å². The van der Waals surface area contributed by atoms with E-state index >= 15 is 4.39 Å². The van der Waals surface area contributed by atoms with Crippen LogP contribution in [-0.2, 0) is 10.0 Å². The molecule has 0 aliphatic heterocycles. The number of pyridine rings is 1. The summed E-state index contributed by atoms with van der Waals surface area (Å²) in [6.45, 7) is 0. The van der Waals surface area contributed by atoms with Gasteiger partial charge >= 0.3 is 0 Å². The highest BCUT2D eigenvalue weighted by atomic mass is 32.2. The Morgan fingerprint density at radius 3 is 2.55 bits per heavy atom. The summed E-state index contributed by atoms with van der Waals surface area (Å²) in [5.74, 6) is -0.110. The van der Waals surface area contributed by atoms with E-state index in [0.717, 1.165) is 37.1 Å². The van der Waals surface area contributed by atoms with Gasteiger partial charge in [-0.3, -0.25) is 4.72 Å². The molecule has 12 heteroatoms. The number of anilines is 2. The second kappa shape index (κ2) is 11.7. The summed E-state index contributed by atoms with van der Waals surface area (Å²) in [7, 11) is -3.99. The number of benzene rings is 3. The maximum Gasteiger partial charge on any atom is 0.262 e. The largest absolute Gasteiger partial charge is 0.435 e. The molecule has 0 bridgehead atoms. The Balaban J connectivity index is 1.21. The average Bonchev–Trinajstić information content (AvgIpc) is 2.99. The molecule has 0 spiro atoms. The molecule has 0 saturated heterocycles. The van der Waals surface area contributed by atoms with Crippen LogP contribution >= 0.6 is 0 Å². The van der Waals surface area contributed by atoms with Gasteiger partial charge in [0.15, 0.2) is 17.4 Å². The van der Waals surface area contributed by atoms with Crippen molar-refractivity contribution in [3.63, 3.8) is 0 Å². The van der Waals surface area contributed by atoms with Gasteiger partial charge in [0.2, 0.25) is 11.8 Å². The van der Waals surface area contributed by atoms with E-state index in [9.17, 15) is 8.42 Å². The third kappa shape index (κ3) is 5.99. The molecule has 2 aromatic heterocycles. The fraction of sp³-hybridized carbons (Fsp3) is 0.200. The molecule has 0 radical (unpaired) electrons. The zero-order chi connectivity index (χ0) is 29.1. The Bertz CT molecular complexity index is 1840. The van der Waals surface area contributed by atoms with E-state index < -0.39 is 15.8 Å². The van der Waals surface area contributed by atoms with E-state index in [-0.39, 0.29) is 34.3 Å². The Morgan fingerprint density at radius 1 is 0.905 bits per heavy atom. The molecular formula is C30H28FN7O3S. The number of sulfonamides is 1. The Morgan fingerprint density at radius 2 is 1.71 bits per heavy atom. The van der Waals surface area contributed by atoms with E-state index in [1.165, 1.54) is 30.7 Å². The first kappa shape index (κ1) is 27.5. The number of fused-ring (bicyclic) bond motifs is 1. The molecule has 10 nitrogen and oxygen atoms in total. The van der Waals surface area contributed by atoms with Gasteiger partial charge in [-0.1, -0.05) is 36.4 Å². The Kier molecular flexibility index (Phi) is 7.64. The molecule has 6 rings (SSSR count). The molecule has 0 amide bonds. The summed E-state index contributed by atoms with van der Waals surface area (Å²) in [6, 6.07) is 19.8. The number of nitrogens with one attached hydrogen (secondary N) is 2. The zero-order valence-corrected chi connectivity index (χ0v) is 23.3. The van der Waals surface area contributed by atoms with Gasteiger partial charge in [0.25, 0.3) is 10.0 Å². The van der Waals surface area contributed by atoms with Crippen LogP contribution in [-0.4, -0.2) is 40.4 Å². The van der Waals surface area contributed by atoms with Crippen molar-refractivity contribution in [3.8, 4) is 23.0 Å². The second-order valence-electron chi connectivity index (χ2n) is 10.1. The maximum atomic E-state index is 15.2. The van der Waals surface area contributed by atoms with Gasteiger partial charge in [0.1, 0.15) is 6.33 Å². The third-order valence-electron chi connectivity index (χ3n) is 7.12. The van der Waals surface area contributed by atoms with Gasteiger partial charge in [0.05, 0.1) is 16.1 Å². The molecule has 5 aromatic rings. The minimum absolute atomic E-state index is 0.0471. The van der Waals surface area contributed by atoms with Gasteiger partial charge in [0, 0.05) is 29.7 Å². The van der Waals surface area contributed by atoms with E-state index in [1.54, 1.807) is 30.3 Å². The standard InChI is InChI=1S/C30H28FN7O3S/c31-25-17-22(38-42(39,40)27-9-3-6-19-5-1-2-7-23(19)27)14-15-26(25)41-29-24(8-4-16-33-29)28-34-18-35-30(37-28)36-21-12-10-20(32)11-13-21/h1-9,14-18,20-21,38H,10-13,32H2,(H,34,35,36,37). The number of halogens is 1. The van der Waals surface area contributed by atoms with Crippen molar-refractivity contribution in [1.29, 1.82) is 0 Å². The molecule has 0 atom stereocenters. The number of rotatable bonds is 8. The van der Waals surface area contributed by atoms with Crippen molar-refractivity contribution in [2.24, 2.45) is 5.73 Å². The van der Waals surface area contributed by atoms with Crippen LogP contribution in [0, 0.1) is 5.82 Å². The molecule has 1 aliphatic rings. The van der Waals surface area contributed by atoms with E-state index in [0.29, 0.717) is 22.7 Å². The Hall–Kier alpha value is -4.68. The molecule has 1 saturated carbocycles. The molecule has 42 heavy (non-hydrogen) atoms. The van der Waals surface area contributed by atoms with Crippen LogP contribution in [0.25, 0.3) is 22.2 Å². The lowest BCUT2D eigenvalue weighted by molar-refractivity contribution is 0.409. The first-order chi connectivity index (χ1) is 20.4. The molecule has 0 unspecified atom stereocenters. The second-order valence-corrected chi connectivity index (χ2v) is 11.7. The van der Waals surface area contributed by atoms with Crippen LogP contribution in [0.2, 0.25) is 0 Å². The highest BCUT2D eigenvalue weighted by molar-refractivity contribution is 7.93. The van der Waals surface area contributed by atoms with Crippen molar-refractivity contribution < 1.29 is 17.5 Å². The van der Waals surface area contributed by atoms with E-state index in [4.69, 9.17) is 10.5 Å². The maximum absolute atomic E-state index is 15.2. The summed E-state index contributed by atoms with van der Waals surface area (Å²) in [6.07, 6.45) is 6.63. The van der Waals surface area contributed by atoms with Crippen molar-refractivity contribution in [2.75, 3.05) is 10.0 Å². The topological polar surface area (TPSA) is 145 Å². The number of ether oxygens (including phenoxy) is 1. The molecule has 4 N–H and O–H groups in total. The lowest BCUT2D eigenvalue weighted by Gasteiger charge is -2.26. The molecular weight excluding hydrogens is 557 g/mol. The SMILES string of the molecule is NC1CCC(Nc2ncnc(-c3cccnc3Oc3ccc(NS(=O)(=O)c4cccc5ccccc45)cc3F)n2)CC1. The van der Waals surface area contributed by atoms with Gasteiger partial charge in [-0.25, -0.2) is 27.8 Å². The van der Waals surface area contributed by atoms with Crippen LogP contribution in [0.15, 0.2) is 90.2 Å². The normalized spacial score (nSPS) is 17.1. The monoisotopic (exact) mass is 585 g/mol.